The summed E-state index contributed by atoms with van der Waals surface area (Å²) in [7, 11) is 0. The highest BCUT2D eigenvalue weighted by Crippen LogP contribution is 2.23. The van der Waals surface area contributed by atoms with Crippen molar-refractivity contribution >= 4 is 29.6 Å². The first-order valence-corrected chi connectivity index (χ1v) is 13.3. The molecule has 0 radical (unpaired) electrons. The summed E-state index contributed by atoms with van der Waals surface area (Å²) in [6.07, 6.45) is 8.43. The molecular formula is C33H32N2O6. The number of nitriles is 1. The Bertz CT molecular complexity index is 1390. The van der Waals surface area contributed by atoms with Crippen molar-refractivity contribution in [3.63, 3.8) is 0 Å². The van der Waals surface area contributed by atoms with Crippen molar-refractivity contribution in [2.75, 3.05) is 18.5 Å². The molecular weight excluding hydrogens is 520 g/mol. The van der Waals surface area contributed by atoms with Gasteiger partial charge in [-0.3, -0.25) is 4.79 Å². The number of anilines is 1. The van der Waals surface area contributed by atoms with Crippen molar-refractivity contribution in [2.24, 2.45) is 0 Å². The van der Waals surface area contributed by atoms with E-state index in [-0.39, 0.29) is 0 Å². The lowest BCUT2D eigenvalue weighted by atomic mass is 10.0. The normalized spacial score (nSPS) is 10.8. The molecule has 0 heterocycles. The lowest BCUT2D eigenvalue weighted by Gasteiger charge is -2.07. The Balaban J connectivity index is 1.34. The molecule has 2 N–H and O–H groups in total. The number of carboxylic acid groups (broad SMARTS) is 1. The van der Waals surface area contributed by atoms with Crippen molar-refractivity contribution in [1.82, 2.24) is 0 Å². The highest BCUT2D eigenvalue weighted by molar-refractivity contribution is 6.02. The summed E-state index contributed by atoms with van der Waals surface area (Å²) in [4.78, 5) is 34.2. The van der Waals surface area contributed by atoms with Crippen LogP contribution in [-0.2, 0) is 25.5 Å². The average Bonchev–Trinajstić information content (AvgIpc) is 2.98. The van der Waals surface area contributed by atoms with Crippen LogP contribution in [0.15, 0.2) is 91.0 Å². The number of amides is 1. The minimum Gasteiger partial charge on any atom is -0.494 e. The fourth-order valence-electron chi connectivity index (χ4n) is 3.77. The van der Waals surface area contributed by atoms with Gasteiger partial charge in [0, 0.05) is 30.3 Å². The van der Waals surface area contributed by atoms with E-state index >= 15 is 0 Å². The van der Waals surface area contributed by atoms with Crippen LogP contribution >= 0.6 is 0 Å². The van der Waals surface area contributed by atoms with E-state index in [0.29, 0.717) is 31.7 Å². The Hall–Kier alpha value is -5.16. The predicted octanol–water partition coefficient (Wildman–Crippen LogP) is 6.19. The van der Waals surface area contributed by atoms with Crippen molar-refractivity contribution in [3.8, 4) is 22.9 Å². The van der Waals surface area contributed by atoms with Crippen LogP contribution < -0.4 is 10.1 Å². The van der Waals surface area contributed by atoms with E-state index in [1.165, 1.54) is 6.08 Å². The molecule has 210 valence electrons. The van der Waals surface area contributed by atoms with Crippen molar-refractivity contribution < 1.29 is 29.0 Å². The standard InChI is InChI=1S/C33H32N2O6/c34-22-2-4-23-40-30-17-13-28(14-18-30)27-11-6-26(7-12-27)10-21-33(39)41-24-3-1-5-25-8-15-29(16-9-25)35-31(36)19-20-32(37)38/h6-21H,1-5,23-24H2,(H,35,36)(H,37,38)/b20-19-,21-10+. The Morgan fingerprint density at radius 1 is 0.805 bits per heavy atom. The van der Waals surface area contributed by atoms with E-state index < -0.39 is 17.8 Å². The van der Waals surface area contributed by atoms with Crippen LogP contribution in [0.1, 0.15) is 36.8 Å². The van der Waals surface area contributed by atoms with E-state index in [1.807, 2.05) is 60.7 Å². The fraction of sp³-hybridized carbons (Fsp3) is 0.212. The molecule has 1 amide bonds. The number of nitrogens with one attached hydrogen (secondary N) is 1. The molecule has 3 aromatic carbocycles. The molecule has 8 nitrogen and oxygen atoms in total. The van der Waals surface area contributed by atoms with Crippen LogP contribution in [0, 0.1) is 11.3 Å². The zero-order valence-corrected chi connectivity index (χ0v) is 22.6. The van der Waals surface area contributed by atoms with E-state index in [4.69, 9.17) is 19.8 Å². The monoisotopic (exact) mass is 552 g/mol. The number of hydrogen-bond donors (Lipinski definition) is 2. The van der Waals surface area contributed by atoms with Crippen LogP contribution in [0.3, 0.4) is 0 Å². The average molecular weight is 553 g/mol. The third-order valence-corrected chi connectivity index (χ3v) is 5.91. The number of nitrogens with zero attached hydrogens (tertiary/aromatic N) is 1. The largest absolute Gasteiger partial charge is 0.494 e. The Kier molecular flexibility index (Phi) is 12.4. The summed E-state index contributed by atoms with van der Waals surface area (Å²) in [6.45, 7) is 0.844. The Morgan fingerprint density at radius 2 is 1.49 bits per heavy atom. The van der Waals surface area contributed by atoms with Gasteiger partial charge in [0.25, 0.3) is 0 Å². The first kappa shape index (κ1) is 30.4. The quantitative estimate of drug-likeness (QED) is 0.131. The summed E-state index contributed by atoms with van der Waals surface area (Å²) >= 11 is 0. The van der Waals surface area contributed by atoms with E-state index in [0.717, 1.165) is 59.4 Å². The molecule has 3 aromatic rings. The Morgan fingerprint density at radius 3 is 2.15 bits per heavy atom. The van der Waals surface area contributed by atoms with E-state index in [1.54, 1.807) is 18.2 Å². The minimum atomic E-state index is -1.18. The molecule has 0 aliphatic heterocycles. The number of aryl methyl sites for hydroxylation is 1. The molecule has 3 rings (SSSR count). The lowest BCUT2D eigenvalue weighted by Crippen LogP contribution is -2.08. The van der Waals surface area contributed by atoms with Gasteiger partial charge in [-0.15, -0.1) is 0 Å². The van der Waals surface area contributed by atoms with Gasteiger partial charge >= 0.3 is 11.9 Å². The number of rotatable bonds is 15. The zero-order valence-electron chi connectivity index (χ0n) is 22.6. The van der Waals surface area contributed by atoms with Gasteiger partial charge in [-0.05, 0) is 78.3 Å². The summed E-state index contributed by atoms with van der Waals surface area (Å²) < 4.78 is 10.9. The number of carbonyl (C=O) groups is 3. The van der Waals surface area contributed by atoms with Crippen molar-refractivity contribution in [1.29, 1.82) is 5.26 Å². The van der Waals surface area contributed by atoms with Gasteiger partial charge in [0.05, 0.1) is 19.3 Å². The number of esters is 1. The molecule has 0 spiro atoms. The molecule has 0 aliphatic carbocycles. The summed E-state index contributed by atoms with van der Waals surface area (Å²) in [5, 5.41) is 19.7. The van der Waals surface area contributed by atoms with Gasteiger partial charge in [0.15, 0.2) is 0 Å². The molecule has 0 fully saturated rings. The first-order valence-electron chi connectivity index (χ1n) is 13.3. The van der Waals surface area contributed by atoms with Crippen molar-refractivity contribution in [2.45, 2.75) is 32.1 Å². The van der Waals surface area contributed by atoms with Crippen LogP contribution in [0.2, 0.25) is 0 Å². The van der Waals surface area contributed by atoms with Crippen molar-refractivity contribution in [3.05, 3.63) is 102 Å². The molecule has 41 heavy (non-hydrogen) atoms. The molecule has 0 unspecified atom stereocenters. The maximum Gasteiger partial charge on any atom is 0.330 e. The topological polar surface area (TPSA) is 126 Å². The lowest BCUT2D eigenvalue weighted by molar-refractivity contribution is -0.137. The summed E-state index contributed by atoms with van der Waals surface area (Å²) in [6, 6.07) is 25.1. The maximum atomic E-state index is 12.1. The second kappa shape index (κ2) is 16.7. The van der Waals surface area contributed by atoms with Crippen LogP contribution in [0.4, 0.5) is 5.69 Å². The number of ether oxygens (including phenoxy) is 2. The second-order valence-corrected chi connectivity index (χ2v) is 9.07. The SMILES string of the molecule is N#CCCCOc1ccc(-c2ccc(/C=C/C(=O)OCCCCc3ccc(NC(=O)/C=C\C(=O)O)cc3)cc2)cc1. The first-order chi connectivity index (χ1) is 19.9. The van der Waals surface area contributed by atoms with Gasteiger partial charge in [-0.2, -0.15) is 5.26 Å². The summed E-state index contributed by atoms with van der Waals surface area (Å²) in [5.74, 6) is -1.31. The second-order valence-electron chi connectivity index (χ2n) is 9.07. The molecule has 0 saturated heterocycles. The molecule has 0 bridgehead atoms. The van der Waals surface area contributed by atoms with E-state index in [2.05, 4.69) is 11.4 Å². The third kappa shape index (κ3) is 11.6. The van der Waals surface area contributed by atoms with Crippen LogP contribution in [0.25, 0.3) is 17.2 Å². The van der Waals surface area contributed by atoms with E-state index in [9.17, 15) is 14.4 Å². The van der Waals surface area contributed by atoms with Gasteiger partial charge < -0.3 is 19.9 Å². The molecule has 0 saturated carbocycles. The number of carboxylic acids is 1. The number of benzene rings is 3. The van der Waals surface area contributed by atoms with Crippen LogP contribution in [0.5, 0.6) is 5.75 Å². The number of unbranched alkanes of at least 4 members (excludes halogenated alkanes) is 2. The number of hydrogen-bond acceptors (Lipinski definition) is 6. The van der Waals surface area contributed by atoms with Gasteiger partial charge in [-0.1, -0.05) is 48.5 Å². The molecule has 8 heteroatoms. The van der Waals surface area contributed by atoms with Crippen LogP contribution in [-0.4, -0.2) is 36.2 Å². The van der Waals surface area contributed by atoms with Gasteiger partial charge in [0.2, 0.25) is 5.91 Å². The van der Waals surface area contributed by atoms with Gasteiger partial charge in [0.1, 0.15) is 5.75 Å². The molecule has 0 aromatic heterocycles. The molecule has 0 atom stereocenters. The maximum absolute atomic E-state index is 12.1. The zero-order chi connectivity index (χ0) is 29.3. The third-order valence-electron chi connectivity index (χ3n) is 5.91. The minimum absolute atomic E-state index is 0.324. The number of carbonyl (C=O) groups excluding carboxylic acids is 2. The highest BCUT2D eigenvalue weighted by atomic mass is 16.5. The number of aliphatic carboxylic acids is 1. The summed E-state index contributed by atoms with van der Waals surface area (Å²) in [5.41, 5.74) is 4.65. The highest BCUT2D eigenvalue weighted by Gasteiger charge is 2.03. The predicted molar refractivity (Wildman–Crippen MR) is 157 cm³/mol. The molecule has 0 aliphatic rings. The Labute approximate surface area is 239 Å². The fourth-order valence-corrected chi connectivity index (χ4v) is 3.77. The van der Waals surface area contributed by atoms with Gasteiger partial charge in [-0.25, -0.2) is 9.59 Å². The smallest absolute Gasteiger partial charge is 0.330 e.